The van der Waals surface area contributed by atoms with Crippen LogP contribution in [0.5, 0.6) is 0 Å². The second kappa shape index (κ2) is 3.33. The Kier molecular flexibility index (Phi) is 2.18. The summed E-state index contributed by atoms with van der Waals surface area (Å²) < 4.78 is 2.73. The number of pyridine rings is 1. The molecule has 0 aliphatic heterocycles. The van der Waals surface area contributed by atoms with Crippen molar-refractivity contribution in [2.24, 2.45) is 0 Å². The van der Waals surface area contributed by atoms with Crippen LogP contribution in [0.4, 0.5) is 5.95 Å². The fourth-order valence-electron chi connectivity index (χ4n) is 1.09. The fraction of sp³-hybridized carbons (Fsp3) is 0.250. The van der Waals surface area contributed by atoms with Gasteiger partial charge in [-0.3, -0.25) is 0 Å². The minimum Gasteiger partial charge on any atom is -0.353 e. The summed E-state index contributed by atoms with van der Waals surface area (Å²) in [5.41, 5.74) is 0.846. The zero-order valence-corrected chi connectivity index (χ0v) is 8.74. The van der Waals surface area contributed by atoms with Crippen molar-refractivity contribution in [1.29, 1.82) is 0 Å². The Morgan fingerprint density at radius 2 is 2.38 bits per heavy atom. The van der Waals surface area contributed by atoms with E-state index < -0.39 is 0 Å². The first-order valence-corrected chi connectivity index (χ1v) is 4.84. The molecule has 0 spiro atoms. The summed E-state index contributed by atoms with van der Waals surface area (Å²) in [5.74, 6) is 0.667. The number of hydrogen-bond donors (Lipinski definition) is 1. The fourth-order valence-corrected chi connectivity index (χ4v) is 1.42. The molecule has 1 N–H and O–H groups in total. The Balaban J connectivity index is 2.49. The van der Waals surface area contributed by atoms with E-state index in [2.05, 4.69) is 31.3 Å². The number of anilines is 1. The molecule has 0 radical (unpaired) electrons. The molecule has 0 saturated heterocycles. The monoisotopic (exact) mass is 240 g/mol. The van der Waals surface area contributed by atoms with Gasteiger partial charge >= 0.3 is 0 Å². The van der Waals surface area contributed by atoms with Crippen molar-refractivity contribution in [2.75, 3.05) is 11.9 Å². The number of nitrogens with one attached hydrogen (secondary N) is 1. The topological polar surface area (TPSA) is 42.2 Å². The standard InChI is InChI=1S/C8H9BrN4/c1-2-10-8-11-7-4-3-6(9)5-13(7)12-8/h3-5H,2H2,1H3,(H,10,12). The summed E-state index contributed by atoms with van der Waals surface area (Å²) in [6, 6.07) is 3.86. The van der Waals surface area contributed by atoms with E-state index in [4.69, 9.17) is 0 Å². The third-order valence-corrected chi connectivity index (χ3v) is 2.10. The second-order valence-electron chi connectivity index (χ2n) is 2.62. The summed E-state index contributed by atoms with van der Waals surface area (Å²) in [6.45, 7) is 2.85. The Morgan fingerprint density at radius 1 is 1.54 bits per heavy atom. The Hall–Kier alpha value is -1.10. The first-order chi connectivity index (χ1) is 6.29. The van der Waals surface area contributed by atoms with Crippen LogP contribution >= 0.6 is 15.9 Å². The normalized spacial score (nSPS) is 10.6. The van der Waals surface area contributed by atoms with Gasteiger partial charge in [0.1, 0.15) is 0 Å². The molecule has 0 aromatic carbocycles. The predicted octanol–water partition coefficient (Wildman–Crippen LogP) is 1.92. The van der Waals surface area contributed by atoms with Crippen molar-refractivity contribution in [3.8, 4) is 0 Å². The highest BCUT2D eigenvalue weighted by molar-refractivity contribution is 9.10. The number of fused-ring (bicyclic) bond motifs is 1. The van der Waals surface area contributed by atoms with E-state index in [0.717, 1.165) is 16.7 Å². The van der Waals surface area contributed by atoms with E-state index in [9.17, 15) is 0 Å². The van der Waals surface area contributed by atoms with Gasteiger partial charge < -0.3 is 5.32 Å². The van der Waals surface area contributed by atoms with E-state index in [0.29, 0.717) is 5.95 Å². The molecule has 0 aliphatic carbocycles. The third-order valence-electron chi connectivity index (χ3n) is 1.63. The van der Waals surface area contributed by atoms with Gasteiger partial charge in [0.05, 0.1) is 0 Å². The first-order valence-electron chi connectivity index (χ1n) is 4.05. The maximum Gasteiger partial charge on any atom is 0.243 e. The van der Waals surface area contributed by atoms with Crippen LogP contribution in [0.15, 0.2) is 22.8 Å². The number of rotatable bonds is 2. The van der Waals surface area contributed by atoms with Crippen molar-refractivity contribution >= 4 is 27.5 Å². The first kappa shape index (κ1) is 8.50. The maximum absolute atomic E-state index is 4.26. The van der Waals surface area contributed by atoms with Crippen LogP contribution in [0.25, 0.3) is 5.65 Å². The zero-order valence-electron chi connectivity index (χ0n) is 7.16. The smallest absolute Gasteiger partial charge is 0.243 e. The molecule has 0 atom stereocenters. The molecule has 68 valence electrons. The van der Waals surface area contributed by atoms with E-state index in [1.807, 2.05) is 25.3 Å². The summed E-state index contributed by atoms with van der Waals surface area (Å²) in [5, 5.41) is 7.29. The van der Waals surface area contributed by atoms with Gasteiger partial charge in [0.15, 0.2) is 5.65 Å². The molecule has 2 aromatic heterocycles. The SMILES string of the molecule is CCNc1nc2ccc(Br)cn2n1. The molecule has 0 amide bonds. The lowest BCUT2D eigenvalue weighted by Crippen LogP contribution is -1.98. The van der Waals surface area contributed by atoms with Crippen LogP contribution in [-0.2, 0) is 0 Å². The van der Waals surface area contributed by atoms with Gasteiger partial charge in [0.25, 0.3) is 0 Å². The number of halogens is 1. The predicted molar refractivity (Wildman–Crippen MR) is 54.9 cm³/mol. The Morgan fingerprint density at radius 3 is 3.15 bits per heavy atom. The van der Waals surface area contributed by atoms with Crippen molar-refractivity contribution in [3.63, 3.8) is 0 Å². The van der Waals surface area contributed by atoms with Crippen LogP contribution in [0.1, 0.15) is 6.92 Å². The third kappa shape index (κ3) is 1.65. The van der Waals surface area contributed by atoms with Gasteiger partial charge in [-0.25, -0.2) is 4.52 Å². The molecular weight excluding hydrogens is 232 g/mol. The molecule has 0 unspecified atom stereocenters. The van der Waals surface area contributed by atoms with Crippen LogP contribution in [0.3, 0.4) is 0 Å². The van der Waals surface area contributed by atoms with Gasteiger partial charge in [0, 0.05) is 17.2 Å². The van der Waals surface area contributed by atoms with Crippen LogP contribution in [0, 0.1) is 0 Å². The minimum absolute atomic E-state index is 0.667. The molecule has 2 rings (SSSR count). The molecule has 13 heavy (non-hydrogen) atoms. The molecule has 0 bridgehead atoms. The molecule has 4 nitrogen and oxygen atoms in total. The van der Waals surface area contributed by atoms with Gasteiger partial charge in [0.2, 0.25) is 5.95 Å². The van der Waals surface area contributed by atoms with Gasteiger partial charge in [-0.05, 0) is 35.0 Å². The number of aromatic nitrogens is 3. The van der Waals surface area contributed by atoms with Crippen LogP contribution in [-0.4, -0.2) is 21.1 Å². The summed E-state index contributed by atoms with van der Waals surface area (Å²) in [4.78, 5) is 4.26. The molecule has 2 heterocycles. The maximum atomic E-state index is 4.26. The molecular formula is C8H9BrN4. The average Bonchev–Trinajstić information content (AvgIpc) is 2.46. The van der Waals surface area contributed by atoms with Crippen molar-refractivity contribution in [2.45, 2.75) is 6.92 Å². The van der Waals surface area contributed by atoms with Crippen molar-refractivity contribution in [3.05, 3.63) is 22.8 Å². The van der Waals surface area contributed by atoms with Crippen LogP contribution < -0.4 is 5.32 Å². The minimum atomic E-state index is 0.667. The average molecular weight is 241 g/mol. The quantitative estimate of drug-likeness (QED) is 0.873. The summed E-state index contributed by atoms with van der Waals surface area (Å²) >= 11 is 3.37. The number of hydrogen-bond acceptors (Lipinski definition) is 3. The second-order valence-corrected chi connectivity index (χ2v) is 3.53. The van der Waals surface area contributed by atoms with E-state index in [1.165, 1.54) is 0 Å². The number of nitrogens with zero attached hydrogens (tertiary/aromatic N) is 3. The Bertz CT molecular complexity index is 423. The van der Waals surface area contributed by atoms with Gasteiger partial charge in [-0.2, -0.15) is 4.98 Å². The van der Waals surface area contributed by atoms with Crippen molar-refractivity contribution < 1.29 is 0 Å². The molecule has 2 aromatic rings. The molecule has 5 heteroatoms. The highest BCUT2D eigenvalue weighted by Gasteiger charge is 2.00. The highest BCUT2D eigenvalue weighted by Crippen LogP contribution is 2.11. The Labute approximate surface area is 84.1 Å². The van der Waals surface area contributed by atoms with E-state index in [1.54, 1.807) is 4.52 Å². The van der Waals surface area contributed by atoms with E-state index in [-0.39, 0.29) is 0 Å². The largest absolute Gasteiger partial charge is 0.353 e. The molecule has 0 aliphatic rings. The summed E-state index contributed by atoms with van der Waals surface area (Å²) in [7, 11) is 0. The molecule has 0 saturated carbocycles. The van der Waals surface area contributed by atoms with Crippen molar-refractivity contribution in [1.82, 2.24) is 14.6 Å². The summed E-state index contributed by atoms with van der Waals surface area (Å²) in [6.07, 6.45) is 1.88. The van der Waals surface area contributed by atoms with Gasteiger partial charge in [-0.1, -0.05) is 0 Å². The van der Waals surface area contributed by atoms with Crippen LogP contribution in [0.2, 0.25) is 0 Å². The zero-order chi connectivity index (χ0) is 9.26. The van der Waals surface area contributed by atoms with E-state index >= 15 is 0 Å². The lowest BCUT2D eigenvalue weighted by Gasteiger charge is -1.91. The molecule has 0 fully saturated rings. The lowest BCUT2D eigenvalue weighted by atomic mass is 10.5. The highest BCUT2D eigenvalue weighted by atomic mass is 79.9. The lowest BCUT2D eigenvalue weighted by molar-refractivity contribution is 0.951. The van der Waals surface area contributed by atoms with Gasteiger partial charge in [-0.15, -0.1) is 5.10 Å².